The Kier molecular flexibility index (Phi) is 3.30. The van der Waals surface area contributed by atoms with E-state index >= 15 is 0 Å². The van der Waals surface area contributed by atoms with E-state index < -0.39 is 4.92 Å². The molecule has 1 aromatic carbocycles. The zero-order valence-electron chi connectivity index (χ0n) is 6.06. The summed E-state index contributed by atoms with van der Waals surface area (Å²) in [6.45, 7) is 0. The van der Waals surface area contributed by atoms with Gasteiger partial charge in [-0.1, -0.05) is 0 Å². The Labute approximate surface area is 74.9 Å². The molecule has 0 radical (unpaired) electrons. The number of non-ortho nitro benzene ring substituents is 1. The third-order valence-electron chi connectivity index (χ3n) is 1.28. The molecule has 12 heavy (non-hydrogen) atoms. The van der Waals surface area contributed by atoms with Gasteiger partial charge in [0.2, 0.25) is 0 Å². The molecule has 5 nitrogen and oxygen atoms in total. The number of nitrogens with zero attached hydrogens (tertiary/aromatic N) is 1. The lowest BCUT2D eigenvalue weighted by Crippen LogP contribution is -1.96. The Morgan fingerprint density at radius 3 is 2.25 bits per heavy atom. The minimum Gasteiger partial charge on any atom is -0.397 e. The number of nitro benzene ring substituents is 1. The van der Waals surface area contributed by atoms with Crippen molar-refractivity contribution in [3.05, 3.63) is 28.3 Å². The monoisotopic (exact) mass is 189 g/mol. The van der Waals surface area contributed by atoms with Crippen LogP contribution in [0.25, 0.3) is 0 Å². The van der Waals surface area contributed by atoms with E-state index in [4.69, 9.17) is 11.5 Å². The van der Waals surface area contributed by atoms with Gasteiger partial charge < -0.3 is 11.5 Å². The first-order chi connectivity index (χ1) is 5.11. The van der Waals surface area contributed by atoms with Crippen molar-refractivity contribution in [1.82, 2.24) is 0 Å². The van der Waals surface area contributed by atoms with E-state index in [0.717, 1.165) is 0 Å². The molecule has 0 unspecified atom stereocenters. The second-order valence-electron chi connectivity index (χ2n) is 2.07. The molecule has 0 aromatic heterocycles. The van der Waals surface area contributed by atoms with Crippen molar-refractivity contribution < 1.29 is 4.92 Å². The molecule has 0 aliphatic carbocycles. The zero-order valence-corrected chi connectivity index (χ0v) is 6.88. The molecule has 0 fully saturated rings. The summed E-state index contributed by atoms with van der Waals surface area (Å²) in [5.41, 5.74) is 11.2. The molecule has 0 spiro atoms. The molecule has 0 atom stereocenters. The third kappa shape index (κ3) is 2.00. The minimum absolute atomic E-state index is 0. The van der Waals surface area contributed by atoms with Crippen molar-refractivity contribution in [1.29, 1.82) is 0 Å². The maximum absolute atomic E-state index is 10.2. The van der Waals surface area contributed by atoms with Gasteiger partial charge in [0.1, 0.15) is 0 Å². The van der Waals surface area contributed by atoms with Gasteiger partial charge in [0, 0.05) is 12.1 Å². The quantitative estimate of drug-likeness (QED) is 0.394. The average Bonchev–Trinajstić information content (AvgIpc) is 1.94. The predicted molar refractivity (Wildman–Crippen MR) is 49.2 cm³/mol. The normalized spacial score (nSPS) is 8.67. The maximum Gasteiger partial charge on any atom is 0.271 e. The van der Waals surface area contributed by atoms with Crippen LogP contribution in [-0.2, 0) is 0 Å². The number of rotatable bonds is 1. The van der Waals surface area contributed by atoms with Crippen LogP contribution >= 0.6 is 12.4 Å². The molecule has 0 aliphatic rings. The first-order valence-electron chi connectivity index (χ1n) is 2.90. The summed E-state index contributed by atoms with van der Waals surface area (Å²) < 4.78 is 0. The molecule has 0 saturated heterocycles. The molecule has 0 amide bonds. The van der Waals surface area contributed by atoms with Crippen LogP contribution in [0.3, 0.4) is 0 Å². The maximum atomic E-state index is 10.2. The van der Waals surface area contributed by atoms with Crippen molar-refractivity contribution >= 4 is 29.5 Å². The molecule has 0 aliphatic heterocycles. The van der Waals surface area contributed by atoms with Gasteiger partial charge in [-0.25, -0.2) is 0 Å². The Balaban J connectivity index is 0.00000121. The van der Waals surface area contributed by atoms with Gasteiger partial charge in [-0.3, -0.25) is 10.1 Å². The zero-order chi connectivity index (χ0) is 8.43. The summed E-state index contributed by atoms with van der Waals surface area (Å²) in [5.74, 6) is 0. The van der Waals surface area contributed by atoms with Crippen molar-refractivity contribution in [2.75, 3.05) is 11.5 Å². The first-order valence-corrected chi connectivity index (χ1v) is 2.90. The molecule has 66 valence electrons. The van der Waals surface area contributed by atoms with Crippen LogP contribution in [-0.4, -0.2) is 4.92 Å². The van der Waals surface area contributed by atoms with Crippen LogP contribution in [0.1, 0.15) is 0 Å². The summed E-state index contributed by atoms with van der Waals surface area (Å²) in [6.07, 6.45) is 0. The Hall–Kier alpha value is -1.49. The first kappa shape index (κ1) is 10.5. The molecule has 0 bridgehead atoms. The van der Waals surface area contributed by atoms with Crippen LogP contribution < -0.4 is 11.5 Å². The lowest BCUT2D eigenvalue weighted by Gasteiger charge is -1.97. The highest BCUT2D eigenvalue weighted by atomic mass is 35.5. The number of benzene rings is 1. The van der Waals surface area contributed by atoms with Gasteiger partial charge in [-0.15, -0.1) is 12.4 Å². The molecule has 0 heterocycles. The van der Waals surface area contributed by atoms with E-state index in [-0.39, 0.29) is 23.8 Å². The third-order valence-corrected chi connectivity index (χ3v) is 1.28. The number of nitrogen functional groups attached to an aromatic ring is 2. The van der Waals surface area contributed by atoms with Crippen LogP contribution in [0.2, 0.25) is 0 Å². The smallest absolute Gasteiger partial charge is 0.271 e. The number of halogens is 1. The molecule has 6 heteroatoms. The number of hydrogen-bond donors (Lipinski definition) is 2. The Morgan fingerprint density at radius 1 is 1.25 bits per heavy atom. The van der Waals surface area contributed by atoms with Gasteiger partial charge in [0.25, 0.3) is 5.69 Å². The van der Waals surface area contributed by atoms with E-state index in [9.17, 15) is 10.1 Å². The van der Waals surface area contributed by atoms with Crippen molar-refractivity contribution in [3.8, 4) is 0 Å². The van der Waals surface area contributed by atoms with E-state index in [1.54, 1.807) is 0 Å². The second-order valence-corrected chi connectivity index (χ2v) is 2.07. The summed E-state index contributed by atoms with van der Waals surface area (Å²) in [5, 5.41) is 10.2. The SMILES string of the molecule is Cl.Nc1ccc([N+](=O)[O-])cc1N. The van der Waals surface area contributed by atoms with Gasteiger partial charge in [0.05, 0.1) is 16.3 Å². The Morgan fingerprint density at radius 2 is 1.83 bits per heavy atom. The highest BCUT2D eigenvalue weighted by Gasteiger charge is 2.05. The summed E-state index contributed by atoms with van der Waals surface area (Å²) in [6, 6.07) is 3.95. The standard InChI is InChI=1S/C6H7N3O2.ClH/c7-5-2-1-4(9(10)11)3-6(5)8;/h1-3H,7-8H2;1H. The highest BCUT2D eigenvalue weighted by Crippen LogP contribution is 2.20. The van der Waals surface area contributed by atoms with E-state index in [0.29, 0.717) is 5.69 Å². The summed E-state index contributed by atoms with van der Waals surface area (Å²) in [4.78, 5) is 9.66. The van der Waals surface area contributed by atoms with E-state index in [1.165, 1.54) is 18.2 Å². The minimum atomic E-state index is -0.518. The fraction of sp³-hybridized carbons (Fsp3) is 0. The number of nitrogens with two attached hydrogens (primary N) is 2. The van der Waals surface area contributed by atoms with E-state index in [2.05, 4.69) is 0 Å². The van der Waals surface area contributed by atoms with Crippen LogP contribution in [0, 0.1) is 10.1 Å². The van der Waals surface area contributed by atoms with Gasteiger partial charge in [-0.2, -0.15) is 0 Å². The molecular weight excluding hydrogens is 182 g/mol. The lowest BCUT2D eigenvalue weighted by atomic mass is 10.2. The highest BCUT2D eigenvalue weighted by molar-refractivity contribution is 5.85. The molecule has 1 aromatic rings. The predicted octanol–water partition coefficient (Wildman–Crippen LogP) is 1.18. The fourth-order valence-corrected chi connectivity index (χ4v) is 0.676. The lowest BCUT2D eigenvalue weighted by molar-refractivity contribution is -0.384. The van der Waals surface area contributed by atoms with Crippen LogP contribution in [0.5, 0.6) is 0 Å². The van der Waals surface area contributed by atoms with Gasteiger partial charge >= 0.3 is 0 Å². The Bertz CT molecular complexity index is 303. The summed E-state index contributed by atoms with van der Waals surface area (Å²) in [7, 11) is 0. The topological polar surface area (TPSA) is 95.2 Å². The largest absolute Gasteiger partial charge is 0.397 e. The number of hydrogen-bond acceptors (Lipinski definition) is 4. The second kappa shape index (κ2) is 3.77. The summed E-state index contributed by atoms with van der Waals surface area (Å²) >= 11 is 0. The van der Waals surface area contributed by atoms with Crippen molar-refractivity contribution in [2.24, 2.45) is 0 Å². The fourth-order valence-electron chi connectivity index (χ4n) is 0.676. The average molecular weight is 190 g/mol. The van der Waals surface area contributed by atoms with Crippen LogP contribution in [0.4, 0.5) is 17.1 Å². The molecule has 4 N–H and O–H groups in total. The van der Waals surface area contributed by atoms with E-state index in [1.807, 2.05) is 0 Å². The number of nitro groups is 1. The van der Waals surface area contributed by atoms with Crippen molar-refractivity contribution in [2.45, 2.75) is 0 Å². The van der Waals surface area contributed by atoms with Crippen molar-refractivity contribution in [3.63, 3.8) is 0 Å². The molecule has 1 rings (SSSR count). The van der Waals surface area contributed by atoms with Crippen LogP contribution in [0.15, 0.2) is 18.2 Å². The number of anilines is 2. The molecular formula is C6H8ClN3O2. The molecule has 0 saturated carbocycles. The van der Waals surface area contributed by atoms with Gasteiger partial charge in [-0.05, 0) is 6.07 Å². The van der Waals surface area contributed by atoms with Gasteiger partial charge in [0.15, 0.2) is 0 Å².